The quantitative estimate of drug-likeness (QED) is 0.376. The maximum Gasteiger partial charge on any atom is 0.433 e. The first-order valence-corrected chi connectivity index (χ1v) is 8.06. The van der Waals surface area contributed by atoms with Crippen LogP contribution in [0.15, 0.2) is 36.8 Å². The molecule has 3 aromatic rings. The zero-order valence-corrected chi connectivity index (χ0v) is 14.9. The predicted molar refractivity (Wildman–Crippen MR) is 90.8 cm³/mol. The number of rotatable bonds is 4. The number of hydrogen-bond acceptors (Lipinski definition) is 5. The van der Waals surface area contributed by atoms with Gasteiger partial charge in [0.25, 0.3) is 5.91 Å². The van der Waals surface area contributed by atoms with Crippen LogP contribution in [0.2, 0.25) is 0 Å². The lowest BCUT2D eigenvalue weighted by Gasteiger charge is -2.11. The van der Waals surface area contributed by atoms with E-state index in [0.29, 0.717) is 12.1 Å². The van der Waals surface area contributed by atoms with Gasteiger partial charge in [0.15, 0.2) is 5.82 Å². The van der Waals surface area contributed by atoms with E-state index in [1.54, 1.807) is 0 Å². The van der Waals surface area contributed by atoms with Crippen LogP contribution in [0.1, 0.15) is 17.0 Å². The van der Waals surface area contributed by atoms with Crippen LogP contribution in [-0.2, 0) is 17.1 Å². The van der Waals surface area contributed by atoms with Crippen molar-refractivity contribution in [3.05, 3.63) is 59.7 Å². The second-order valence-electron chi connectivity index (χ2n) is 5.95. The summed E-state index contributed by atoms with van der Waals surface area (Å²) in [6.45, 7) is 0. The summed E-state index contributed by atoms with van der Waals surface area (Å²) >= 11 is 0. The lowest BCUT2D eigenvalue weighted by molar-refractivity contribution is -0.150. The second-order valence-corrected chi connectivity index (χ2v) is 5.95. The summed E-state index contributed by atoms with van der Waals surface area (Å²) in [5.41, 5.74) is 0.971. The zero-order valence-electron chi connectivity index (χ0n) is 14.9. The minimum Gasteiger partial charge on any atom is -0.366 e. The average molecular weight is 446 g/mol. The van der Waals surface area contributed by atoms with Crippen molar-refractivity contribution < 1.29 is 35.5 Å². The lowest BCUT2D eigenvalue weighted by Crippen LogP contribution is -2.15. The van der Waals surface area contributed by atoms with Gasteiger partial charge in [0.1, 0.15) is 17.7 Å². The number of primary amides is 1. The molecule has 3 rings (SSSR count). The van der Waals surface area contributed by atoms with Crippen molar-refractivity contribution >= 4 is 17.7 Å². The fourth-order valence-electron chi connectivity index (χ4n) is 2.37. The first-order valence-electron chi connectivity index (χ1n) is 8.06. The summed E-state index contributed by atoms with van der Waals surface area (Å²) in [7, 11) is 0. The Morgan fingerprint density at radius 1 is 1.00 bits per heavy atom. The Bertz CT molecular complexity index is 1120. The van der Waals surface area contributed by atoms with Crippen LogP contribution in [0.4, 0.5) is 30.7 Å². The second kappa shape index (κ2) is 7.77. The molecule has 1 amide bonds. The summed E-state index contributed by atoms with van der Waals surface area (Å²) in [4.78, 5) is 21.3. The van der Waals surface area contributed by atoms with E-state index in [1.807, 2.05) is 0 Å². The SMILES string of the molecule is NC(=O)/C(=C/n1cnc(-c2cc(C(F)(F)F)nc(C(F)(F)F)c2)n1)c1ccc(F)nc1. The largest absolute Gasteiger partial charge is 0.433 e. The number of alkyl halides is 6. The van der Waals surface area contributed by atoms with Gasteiger partial charge in [-0.2, -0.15) is 30.7 Å². The van der Waals surface area contributed by atoms with Crippen molar-refractivity contribution in [3.63, 3.8) is 0 Å². The van der Waals surface area contributed by atoms with Gasteiger partial charge in [0.05, 0.1) is 5.57 Å². The van der Waals surface area contributed by atoms with Crippen molar-refractivity contribution in [1.29, 1.82) is 0 Å². The van der Waals surface area contributed by atoms with Crippen LogP contribution < -0.4 is 5.73 Å². The molecule has 31 heavy (non-hydrogen) atoms. The van der Waals surface area contributed by atoms with Gasteiger partial charge in [-0.3, -0.25) is 4.79 Å². The van der Waals surface area contributed by atoms with Crippen LogP contribution >= 0.6 is 0 Å². The zero-order chi connectivity index (χ0) is 23.0. The van der Waals surface area contributed by atoms with Gasteiger partial charge >= 0.3 is 12.4 Å². The van der Waals surface area contributed by atoms with Gasteiger partial charge in [-0.05, 0) is 24.3 Å². The third kappa shape index (κ3) is 5.02. The van der Waals surface area contributed by atoms with Gasteiger partial charge < -0.3 is 5.73 Å². The Morgan fingerprint density at radius 2 is 1.61 bits per heavy atom. The van der Waals surface area contributed by atoms with Crippen molar-refractivity contribution in [2.45, 2.75) is 12.4 Å². The normalized spacial score (nSPS) is 12.8. The molecule has 0 radical (unpaired) electrons. The molecule has 0 unspecified atom stereocenters. The van der Waals surface area contributed by atoms with Crippen molar-refractivity contribution in [2.24, 2.45) is 5.73 Å². The minimum absolute atomic E-state index is 0.0913. The van der Waals surface area contributed by atoms with Crippen molar-refractivity contribution in [3.8, 4) is 11.4 Å². The number of hydrogen-bond donors (Lipinski definition) is 1. The van der Waals surface area contributed by atoms with E-state index >= 15 is 0 Å². The van der Waals surface area contributed by atoms with Gasteiger partial charge in [0.2, 0.25) is 5.95 Å². The average Bonchev–Trinajstić information content (AvgIpc) is 3.14. The first kappa shape index (κ1) is 21.9. The summed E-state index contributed by atoms with van der Waals surface area (Å²) < 4.78 is 91.6. The maximum atomic E-state index is 13.0. The fraction of sp³-hybridized carbons (Fsp3) is 0.118. The summed E-state index contributed by atoms with van der Waals surface area (Å²) in [6, 6.07) is 2.85. The van der Waals surface area contributed by atoms with Gasteiger partial charge in [-0.1, -0.05) is 0 Å². The molecule has 162 valence electrons. The van der Waals surface area contributed by atoms with E-state index in [0.717, 1.165) is 29.5 Å². The number of pyridine rings is 2. The van der Waals surface area contributed by atoms with E-state index in [4.69, 9.17) is 5.73 Å². The Kier molecular flexibility index (Phi) is 5.48. The molecular weight excluding hydrogens is 437 g/mol. The molecule has 14 heteroatoms. The van der Waals surface area contributed by atoms with E-state index in [-0.39, 0.29) is 11.1 Å². The lowest BCUT2D eigenvalue weighted by atomic mass is 10.1. The molecule has 0 aliphatic rings. The number of carbonyl (C=O) groups excluding carboxylic acids is 1. The standard InChI is InChI=1S/C17H9F7N6O/c18-13-2-1-8(5-26-13)10(14(25)31)6-30-7-27-15(29-30)9-3-11(16(19,20)21)28-12(4-9)17(22,23)24/h1-7H,(H2,25,31)/b10-6+. The molecule has 2 N–H and O–H groups in total. The molecule has 0 saturated carbocycles. The molecule has 0 atom stereocenters. The molecule has 3 heterocycles. The number of aromatic nitrogens is 5. The van der Waals surface area contributed by atoms with E-state index in [2.05, 4.69) is 20.1 Å². The fourth-order valence-corrected chi connectivity index (χ4v) is 2.37. The molecule has 0 spiro atoms. The van der Waals surface area contributed by atoms with Crippen LogP contribution in [-0.4, -0.2) is 30.6 Å². The first-order chi connectivity index (χ1) is 14.3. The third-order valence-corrected chi connectivity index (χ3v) is 3.74. The molecule has 0 saturated heterocycles. The topological polar surface area (TPSA) is 99.6 Å². The number of amides is 1. The third-order valence-electron chi connectivity index (χ3n) is 3.74. The highest BCUT2D eigenvalue weighted by molar-refractivity contribution is 6.22. The Morgan fingerprint density at radius 3 is 2.10 bits per heavy atom. The number of halogens is 7. The number of carbonyl (C=O) groups is 1. The van der Waals surface area contributed by atoms with Gasteiger partial charge in [-0.15, -0.1) is 5.10 Å². The van der Waals surface area contributed by atoms with Crippen LogP contribution in [0, 0.1) is 5.95 Å². The van der Waals surface area contributed by atoms with Crippen molar-refractivity contribution in [1.82, 2.24) is 24.7 Å². The molecule has 7 nitrogen and oxygen atoms in total. The highest BCUT2D eigenvalue weighted by Gasteiger charge is 2.39. The molecule has 0 bridgehead atoms. The summed E-state index contributed by atoms with van der Waals surface area (Å²) in [5, 5.41) is 3.76. The number of nitrogens with two attached hydrogens (primary N) is 1. The van der Waals surface area contributed by atoms with E-state index < -0.39 is 47.0 Å². The predicted octanol–water partition coefficient (Wildman–Crippen LogP) is 3.40. The van der Waals surface area contributed by atoms with Crippen LogP contribution in [0.3, 0.4) is 0 Å². The summed E-state index contributed by atoms with van der Waals surface area (Å²) in [6.07, 6.45) is -7.36. The van der Waals surface area contributed by atoms with E-state index in [9.17, 15) is 35.5 Å². The molecule has 0 aliphatic heterocycles. The Labute approximate surface area is 168 Å². The molecule has 0 aliphatic carbocycles. The highest BCUT2D eigenvalue weighted by Crippen LogP contribution is 2.35. The Balaban J connectivity index is 2.06. The highest BCUT2D eigenvalue weighted by atomic mass is 19.4. The number of nitrogens with zero attached hydrogens (tertiary/aromatic N) is 5. The molecular formula is C17H9F7N6O. The minimum atomic E-state index is -5.15. The smallest absolute Gasteiger partial charge is 0.366 e. The molecule has 0 fully saturated rings. The summed E-state index contributed by atoms with van der Waals surface area (Å²) in [5.74, 6) is -2.31. The molecule has 3 aromatic heterocycles. The van der Waals surface area contributed by atoms with Gasteiger partial charge in [-0.25, -0.2) is 19.6 Å². The maximum absolute atomic E-state index is 13.0. The van der Waals surface area contributed by atoms with Crippen molar-refractivity contribution in [2.75, 3.05) is 0 Å². The Hall–Kier alpha value is -3.84. The van der Waals surface area contributed by atoms with Crippen LogP contribution in [0.5, 0.6) is 0 Å². The van der Waals surface area contributed by atoms with Gasteiger partial charge in [0, 0.05) is 23.5 Å². The van der Waals surface area contributed by atoms with Crippen LogP contribution in [0.25, 0.3) is 23.2 Å². The van der Waals surface area contributed by atoms with E-state index in [1.165, 1.54) is 6.07 Å². The monoisotopic (exact) mass is 446 g/mol. The molecule has 0 aromatic carbocycles.